The third-order valence-corrected chi connectivity index (χ3v) is 2.64. The minimum atomic E-state index is -0.741. The number of piperazine rings is 1. The van der Waals surface area contributed by atoms with Crippen LogP contribution in [0.1, 0.15) is 10.5 Å². The highest BCUT2D eigenvalue weighted by Gasteiger charge is 2.27. The Bertz CT molecular complexity index is 583. The molecular weight excluding hydrogens is 238 g/mol. The van der Waals surface area contributed by atoms with E-state index in [4.69, 9.17) is 5.26 Å². The molecule has 2 rings (SSSR count). The molecule has 0 saturated carbocycles. The lowest BCUT2D eigenvalue weighted by molar-refractivity contribution is 0.0680. The zero-order chi connectivity index (χ0) is 13.1. The summed E-state index contributed by atoms with van der Waals surface area (Å²) < 4.78 is 0. The van der Waals surface area contributed by atoms with Crippen LogP contribution in [0.15, 0.2) is 15.7 Å². The van der Waals surface area contributed by atoms with Crippen LogP contribution >= 0.6 is 0 Å². The van der Waals surface area contributed by atoms with E-state index in [0.717, 1.165) is 6.07 Å². The van der Waals surface area contributed by atoms with E-state index in [2.05, 4.69) is 10.3 Å². The molecule has 1 aromatic rings. The summed E-state index contributed by atoms with van der Waals surface area (Å²) in [6.07, 6.45) is 0. The van der Waals surface area contributed by atoms with Crippen molar-refractivity contribution < 1.29 is 4.79 Å². The first-order valence-electron chi connectivity index (χ1n) is 5.37. The van der Waals surface area contributed by atoms with E-state index in [-0.39, 0.29) is 5.69 Å². The number of aromatic nitrogens is 2. The van der Waals surface area contributed by atoms with Crippen LogP contribution in [0.2, 0.25) is 0 Å². The van der Waals surface area contributed by atoms with E-state index in [0.29, 0.717) is 19.6 Å². The average Bonchev–Trinajstić information content (AvgIpc) is 2.36. The van der Waals surface area contributed by atoms with Crippen LogP contribution < -0.4 is 16.6 Å². The second kappa shape index (κ2) is 4.85. The molecule has 3 N–H and O–H groups in total. The molecule has 94 valence electrons. The second-order valence-corrected chi connectivity index (χ2v) is 3.85. The van der Waals surface area contributed by atoms with Crippen molar-refractivity contribution in [2.75, 3.05) is 19.6 Å². The summed E-state index contributed by atoms with van der Waals surface area (Å²) in [6, 6.07) is 2.41. The Balaban J connectivity index is 2.33. The van der Waals surface area contributed by atoms with Crippen LogP contribution in [0.5, 0.6) is 0 Å². The highest BCUT2D eigenvalue weighted by molar-refractivity contribution is 5.92. The molecule has 1 aromatic heterocycles. The lowest BCUT2D eigenvalue weighted by atomic mass is 10.2. The molecule has 18 heavy (non-hydrogen) atoms. The van der Waals surface area contributed by atoms with Crippen LogP contribution in [0.3, 0.4) is 0 Å². The largest absolute Gasteiger partial charge is 0.326 e. The quantitative estimate of drug-likeness (QED) is 0.531. The minimum Gasteiger partial charge on any atom is -0.319 e. The molecule has 1 saturated heterocycles. The molecule has 1 unspecified atom stereocenters. The third kappa shape index (κ3) is 2.31. The molecule has 0 radical (unpaired) electrons. The monoisotopic (exact) mass is 249 g/mol. The van der Waals surface area contributed by atoms with Crippen LogP contribution in [0.25, 0.3) is 0 Å². The molecule has 0 bridgehead atoms. The maximum atomic E-state index is 12.1. The SMILES string of the molecule is N#CC1CNCCN1C(=O)c1cc(=O)[nH]c(=O)[nH]1. The number of hydrogen-bond donors (Lipinski definition) is 3. The van der Waals surface area contributed by atoms with Gasteiger partial charge in [-0.05, 0) is 0 Å². The van der Waals surface area contributed by atoms with Gasteiger partial charge in [0.25, 0.3) is 11.5 Å². The van der Waals surface area contributed by atoms with Gasteiger partial charge in [0.05, 0.1) is 6.07 Å². The normalized spacial score (nSPS) is 19.3. The molecule has 1 fully saturated rings. The number of nitrogens with one attached hydrogen (secondary N) is 3. The van der Waals surface area contributed by atoms with Crippen molar-refractivity contribution in [1.29, 1.82) is 5.26 Å². The number of aromatic amines is 2. The molecule has 1 atom stereocenters. The maximum absolute atomic E-state index is 12.1. The van der Waals surface area contributed by atoms with Crippen molar-refractivity contribution >= 4 is 5.91 Å². The summed E-state index contributed by atoms with van der Waals surface area (Å²) in [5, 5.41) is 11.9. The van der Waals surface area contributed by atoms with Gasteiger partial charge in [-0.25, -0.2) is 4.79 Å². The summed E-state index contributed by atoms with van der Waals surface area (Å²) in [5.74, 6) is -0.522. The number of nitrogens with zero attached hydrogens (tertiary/aromatic N) is 2. The molecule has 8 heteroatoms. The highest BCUT2D eigenvalue weighted by Crippen LogP contribution is 2.06. The number of nitriles is 1. The van der Waals surface area contributed by atoms with Crippen molar-refractivity contribution in [1.82, 2.24) is 20.2 Å². The molecule has 2 heterocycles. The standard InChI is InChI=1S/C10H11N5O3/c11-4-6-5-12-1-2-15(6)9(17)7-3-8(16)14-10(18)13-7/h3,6,12H,1-2,5H2,(H2,13,14,16,18). The van der Waals surface area contributed by atoms with Gasteiger partial charge in [0.1, 0.15) is 11.7 Å². The number of H-pyrrole nitrogens is 2. The van der Waals surface area contributed by atoms with E-state index < -0.39 is 23.2 Å². The lowest BCUT2D eigenvalue weighted by Gasteiger charge is -2.31. The summed E-state index contributed by atoms with van der Waals surface area (Å²) in [6.45, 7) is 1.29. The van der Waals surface area contributed by atoms with Gasteiger partial charge in [-0.1, -0.05) is 0 Å². The maximum Gasteiger partial charge on any atom is 0.326 e. The lowest BCUT2D eigenvalue weighted by Crippen LogP contribution is -2.53. The number of rotatable bonds is 1. The average molecular weight is 249 g/mol. The molecule has 0 spiro atoms. The molecule has 1 amide bonds. The van der Waals surface area contributed by atoms with Crippen molar-refractivity contribution in [3.63, 3.8) is 0 Å². The number of hydrogen-bond acceptors (Lipinski definition) is 5. The van der Waals surface area contributed by atoms with E-state index >= 15 is 0 Å². The van der Waals surface area contributed by atoms with Gasteiger partial charge < -0.3 is 15.2 Å². The van der Waals surface area contributed by atoms with Crippen LogP contribution in [0.4, 0.5) is 0 Å². The van der Waals surface area contributed by atoms with Gasteiger partial charge in [-0.15, -0.1) is 0 Å². The number of carbonyl (C=O) groups is 1. The Morgan fingerprint density at radius 2 is 2.22 bits per heavy atom. The molecular formula is C10H11N5O3. The molecule has 8 nitrogen and oxygen atoms in total. The Kier molecular flexibility index (Phi) is 3.25. The van der Waals surface area contributed by atoms with E-state index in [1.807, 2.05) is 11.1 Å². The first-order chi connectivity index (χ1) is 8.61. The van der Waals surface area contributed by atoms with Crippen LogP contribution in [0, 0.1) is 11.3 Å². The highest BCUT2D eigenvalue weighted by atomic mass is 16.2. The zero-order valence-corrected chi connectivity index (χ0v) is 9.40. The summed E-state index contributed by atoms with van der Waals surface area (Å²) >= 11 is 0. The molecule has 0 aliphatic carbocycles. The van der Waals surface area contributed by atoms with Crippen molar-refractivity contribution in [2.45, 2.75) is 6.04 Å². The van der Waals surface area contributed by atoms with Gasteiger partial charge in [0.2, 0.25) is 0 Å². The van der Waals surface area contributed by atoms with E-state index in [1.54, 1.807) is 0 Å². The molecule has 0 aromatic carbocycles. The van der Waals surface area contributed by atoms with Crippen LogP contribution in [-0.4, -0.2) is 46.5 Å². The van der Waals surface area contributed by atoms with Gasteiger partial charge >= 0.3 is 5.69 Å². The first kappa shape index (κ1) is 12.1. The predicted octanol–water partition coefficient (Wildman–Crippen LogP) is -2.00. The summed E-state index contributed by atoms with van der Waals surface area (Å²) in [4.78, 5) is 39.9. The van der Waals surface area contributed by atoms with Gasteiger partial charge in [0.15, 0.2) is 0 Å². The molecule has 1 aliphatic heterocycles. The van der Waals surface area contributed by atoms with Crippen molar-refractivity contribution in [3.05, 3.63) is 32.6 Å². The Morgan fingerprint density at radius 1 is 1.44 bits per heavy atom. The zero-order valence-electron chi connectivity index (χ0n) is 9.40. The van der Waals surface area contributed by atoms with Gasteiger partial charge in [-0.2, -0.15) is 5.26 Å². The van der Waals surface area contributed by atoms with E-state index in [1.165, 1.54) is 4.90 Å². The second-order valence-electron chi connectivity index (χ2n) is 3.85. The smallest absolute Gasteiger partial charge is 0.319 e. The fourth-order valence-electron chi connectivity index (χ4n) is 1.80. The van der Waals surface area contributed by atoms with Gasteiger partial charge in [-0.3, -0.25) is 14.6 Å². The Morgan fingerprint density at radius 3 is 2.89 bits per heavy atom. The van der Waals surface area contributed by atoms with Crippen LogP contribution in [-0.2, 0) is 0 Å². The third-order valence-electron chi connectivity index (χ3n) is 2.64. The molecule has 1 aliphatic rings. The Hall–Kier alpha value is -2.40. The minimum absolute atomic E-state index is 0.106. The van der Waals surface area contributed by atoms with E-state index in [9.17, 15) is 14.4 Å². The fourth-order valence-corrected chi connectivity index (χ4v) is 1.80. The predicted molar refractivity (Wildman–Crippen MR) is 61.0 cm³/mol. The summed E-state index contributed by atoms with van der Waals surface area (Å²) in [5.41, 5.74) is -1.49. The first-order valence-corrected chi connectivity index (χ1v) is 5.37. The summed E-state index contributed by atoms with van der Waals surface area (Å²) in [7, 11) is 0. The van der Waals surface area contributed by atoms with Crippen molar-refractivity contribution in [2.24, 2.45) is 0 Å². The number of carbonyl (C=O) groups excluding carboxylic acids is 1. The van der Waals surface area contributed by atoms with Gasteiger partial charge in [0, 0.05) is 25.7 Å². The van der Waals surface area contributed by atoms with Crippen molar-refractivity contribution in [3.8, 4) is 6.07 Å². The topological polar surface area (TPSA) is 122 Å². The fraction of sp³-hybridized carbons (Fsp3) is 0.400. The Labute approximate surface area is 101 Å². The number of amides is 1.